The fourth-order valence-electron chi connectivity index (χ4n) is 2.68. The molecule has 4 rings (SSSR count). The minimum atomic E-state index is -0.535. The molecule has 0 radical (unpaired) electrons. The number of thiophene rings is 1. The zero-order chi connectivity index (χ0) is 19.3. The van der Waals surface area contributed by atoms with E-state index in [-0.39, 0.29) is 5.76 Å². The van der Waals surface area contributed by atoms with Crippen LogP contribution in [0.15, 0.2) is 76.9 Å². The van der Waals surface area contributed by atoms with Crippen molar-refractivity contribution in [1.82, 2.24) is 20.6 Å². The summed E-state index contributed by atoms with van der Waals surface area (Å²) in [6, 6.07) is 16.8. The number of benzene rings is 1. The molecule has 140 valence electrons. The highest BCUT2D eigenvalue weighted by molar-refractivity contribution is 7.13. The smallest absolute Gasteiger partial charge is 0.305 e. The van der Waals surface area contributed by atoms with E-state index in [1.165, 1.54) is 23.7 Å². The van der Waals surface area contributed by atoms with Crippen molar-refractivity contribution in [2.75, 3.05) is 0 Å². The SMILES string of the molecule is O=C(NNC(=O)c1cn(Cc2ccccc2)nc1-c1cccs1)c1ccco1. The van der Waals surface area contributed by atoms with Crippen LogP contribution in [0, 0.1) is 0 Å². The third-order valence-electron chi connectivity index (χ3n) is 3.98. The van der Waals surface area contributed by atoms with Crippen LogP contribution in [-0.4, -0.2) is 21.6 Å². The maximum absolute atomic E-state index is 12.7. The maximum atomic E-state index is 12.7. The lowest BCUT2D eigenvalue weighted by atomic mass is 10.2. The van der Waals surface area contributed by atoms with Crippen molar-refractivity contribution in [2.45, 2.75) is 6.54 Å². The van der Waals surface area contributed by atoms with E-state index in [0.717, 1.165) is 10.4 Å². The van der Waals surface area contributed by atoms with Gasteiger partial charge in [0.25, 0.3) is 5.91 Å². The summed E-state index contributed by atoms with van der Waals surface area (Å²) in [4.78, 5) is 25.5. The number of nitrogens with one attached hydrogen (secondary N) is 2. The summed E-state index contributed by atoms with van der Waals surface area (Å²) >= 11 is 1.49. The van der Waals surface area contributed by atoms with E-state index in [4.69, 9.17) is 4.42 Å². The molecular formula is C20H16N4O3S. The van der Waals surface area contributed by atoms with Crippen molar-refractivity contribution in [2.24, 2.45) is 0 Å². The summed E-state index contributed by atoms with van der Waals surface area (Å²) < 4.78 is 6.72. The van der Waals surface area contributed by atoms with Gasteiger partial charge in [-0.05, 0) is 29.1 Å². The first kappa shape index (κ1) is 17.7. The monoisotopic (exact) mass is 392 g/mol. The predicted octanol–water partition coefficient (Wildman–Crippen LogP) is 3.33. The molecule has 0 bridgehead atoms. The Bertz CT molecular complexity index is 1070. The number of carbonyl (C=O) groups excluding carboxylic acids is 2. The molecule has 0 aliphatic rings. The molecule has 0 unspecified atom stereocenters. The van der Waals surface area contributed by atoms with Crippen molar-refractivity contribution in [3.63, 3.8) is 0 Å². The van der Waals surface area contributed by atoms with Gasteiger partial charge in [0.05, 0.1) is 23.2 Å². The van der Waals surface area contributed by atoms with Crippen LogP contribution < -0.4 is 10.9 Å². The second-order valence-corrected chi connectivity index (χ2v) is 6.89. The Balaban J connectivity index is 1.55. The Morgan fingerprint density at radius 2 is 1.82 bits per heavy atom. The molecule has 0 saturated heterocycles. The van der Waals surface area contributed by atoms with Gasteiger partial charge in [-0.15, -0.1) is 11.3 Å². The van der Waals surface area contributed by atoms with E-state index in [2.05, 4.69) is 16.0 Å². The number of aromatic nitrogens is 2. The molecule has 2 N–H and O–H groups in total. The zero-order valence-corrected chi connectivity index (χ0v) is 15.5. The van der Waals surface area contributed by atoms with Crippen LogP contribution in [0.25, 0.3) is 10.6 Å². The fourth-order valence-corrected chi connectivity index (χ4v) is 3.41. The molecule has 28 heavy (non-hydrogen) atoms. The van der Waals surface area contributed by atoms with Crippen LogP contribution in [0.2, 0.25) is 0 Å². The van der Waals surface area contributed by atoms with Gasteiger partial charge in [-0.1, -0.05) is 36.4 Å². The lowest BCUT2D eigenvalue weighted by Crippen LogP contribution is -2.41. The van der Waals surface area contributed by atoms with E-state index >= 15 is 0 Å². The number of hydrogen-bond donors (Lipinski definition) is 2. The van der Waals surface area contributed by atoms with Crippen LogP contribution in [0.5, 0.6) is 0 Å². The van der Waals surface area contributed by atoms with E-state index in [1.54, 1.807) is 16.9 Å². The highest BCUT2D eigenvalue weighted by Crippen LogP contribution is 2.27. The number of rotatable bonds is 5. The average Bonchev–Trinajstić information content (AvgIpc) is 3.47. The number of hydrogen-bond acceptors (Lipinski definition) is 5. The third-order valence-corrected chi connectivity index (χ3v) is 4.86. The lowest BCUT2D eigenvalue weighted by Gasteiger charge is -2.05. The third kappa shape index (κ3) is 3.86. The van der Waals surface area contributed by atoms with Gasteiger partial charge in [0.15, 0.2) is 5.76 Å². The van der Waals surface area contributed by atoms with E-state index < -0.39 is 11.8 Å². The van der Waals surface area contributed by atoms with E-state index in [1.807, 2.05) is 47.8 Å². The van der Waals surface area contributed by atoms with Crippen LogP contribution in [0.1, 0.15) is 26.5 Å². The molecule has 0 spiro atoms. The Kier molecular flexibility index (Phi) is 5.03. The molecule has 0 fully saturated rings. The van der Waals surface area contributed by atoms with Crippen LogP contribution >= 0.6 is 11.3 Å². The highest BCUT2D eigenvalue weighted by atomic mass is 32.1. The zero-order valence-electron chi connectivity index (χ0n) is 14.7. The largest absolute Gasteiger partial charge is 0.459 e. The van der Waals surface area contributed by atoms with Crippen LogP contribution in [0.4, 0.5) is 0 Å². The molecule has 3 aromatic heterocycles. The Morgan fingerprint density at radius 3 is 2.54 bits per heavy atom. The average molecular weight is 392 g/mol. The van der Waals surface area contributed by atoms with Gasteiger partial charge in [-0.2, -0.15) is 5.10 Å². The van der Waals surface area contributed by atoms with Gasteiger partial charge < -0.3 is 4.42 Å². The molecule has 0 atom stereocenters. The van der Waals surface area contributed by atoms with Gasteiger partial charge >= 0.3 is 5.91 Å². The minimum Gasteiger partial charge on any atom is -0.459 e. The summed E-state index contributed by atoms with van der Waals surface area (Å²) in [5.74, 6) is -0.881. The van der Waals surface area contributed by atoms with Crippen molar-refractivity contribution in [3.8, 4) is 10.6 Å². The Morgan fingerprint density at radius 1 is 1.00 bits per heavy atom. The standard InChI is InChI=1S/C20H16N4O3S/c25-19(21-22-20(26)16-8-4-10-27-16)15-13-24(12-14-6-2-1-3-7-14)23-18(15)17-9-5-11-28-17/h1-11,13H,12H2,(H,21,25)(H,22,26). The van der Waals surface area contributed by atoms with E-state index in [0.29, 0.717) is 17.8 Å². The second-order valence-electron chi connectivity index (χ2n) is 5.94. The van der Waals surface area contributed by atoms with Crippen LogP contribution in [-0.2, 0) is 6.54 Å². The summed E-state index contributed by atoms with van der Waals surface area (Å²) in [6.07, 6.45) is 3.07. The molecule has 7 nitrogen and oxygen atoms in total. The topological polar surface area (TPSA) is 89.2 Å². The Hall–Kier alpha value is -3.65. The van der Waals surface area contributed by atoms with Gasteiger partial charge in [0, 0.05) is 6.20 Å². The number of hydrazine groups is 1. The molecule has 8 heteroatoms. The predicted molar refractivity (Wildman–Crippen MR) is 105 cm³/mol. The second kappa shape index (κ2) is 7.93. The first-order chi connectivity index (χ1) is 13.7. The van der Waals surface area contributed by atoms with Crippen molar-refractivity contribution in [3.05, 3.63) is 89.3 Å². The molecular weight excluding hydrogens is 376 g/mol. The molecule has 2 amide bonds. The van der Waals surface area contributed by atoms with Gasteiger partial charge in [-0.3, -0.25) is 25.1 Å². The number of nitrogens with zero attached hydrogens (tertiary/aromatic N) is 2. The molecule has 0 aliphatic carbocycles. The van der Waals surface area contributed by atoms with Gasteiger partial charge in [0.2, 0.25) is 0 Å². The molecule has 0 aliphatic heterocycles. The Labute approximate surface area is 164 Å². The van der Waals surface area contributed by atoms with Crippen LogP contribution in [0.3, 0.4) is 0 Å². The van der Waals surface area contributed by atoms with Gasteiger partial charge in [0.1, 0.15) is 5.69 Å². The quantitative estimate of drug-likeness (QED) is 0.510. The van der Waals surface area contributed by atoms with E-state index in [9.17, 15) is 9.59 Å². The van der Waals surface area contributed by atoms with Gasteiger partial charge in [-0.25, -0.2) is 0 Å². The highest BCUT2D eigenvalue weighted by Gasteiger charge is 2.20. The van der Waals surface area contributed by atoms with Crippen molar-refractivity contribution >= 4 is 23.2 Å². The number of amides is 2. The summed E-state index contributed by atoms with van der Waals surface area (Å²) in [6.45, 7) is 0.533. The maximum Gasteiger partial charge on any atom is 0.305 e. The first-order valence-electron chi connectivity index (χ1n) is 8.50. The molecule has 4 aromatic rings. The molecule has 1 aromatic carbocycles. The summed E-state index contributed by atoms with van der Waals surface area (Å²) in [5, 5.41) is 6.50. The molecule has 0 saturated carbocycles. The fraction of sp³-hybridized carbons (Fsp3) is 0.0500. The number of carbonyl (C=O) groups is 2. The summed E-state index contributed by atoms with van der Waals surface area (Å²) in [5.41, 5.74) is 6.78. The lowest BCUT2D eigenvalue weighted by molar-refractivity contribution is 0.0831. The first-order valence-corrected chi connectivity index (χ1v) is 9.38. The number of furan rings is 1. The normalized spacial score (nSPS) is 10.6. The molecule has 3 heterocycles. The van der Waals surface area contributed by atoms with Crippen molar-refractivity contribution in [1.29, 1.82) is 0 Å². The minimum absolute atomic E-state index is 0.110. The van der Waals surface area contributed by atoms with Crippen molar-refractivity contribution < 1.29 is 14.0 Å². The summed E-state index contributed by atoms with van der Waals surface area (Å²) in [7, 11) is 0.